The minimum atomic E-state index is 0.0352. The summed E-state index contributed by atoms with van der Waals surface area (Å²) in [5.74, 6) is 0.780. The number of pyridine rings is 1. The van der Waals surface area contributed by atoms with E-state index in [4.69, 9.17) is 9.47 Å². The maximum atomic E-state index is 12.9. The Hall–Kier alpha value is -2.14. The van der Waals surface area contributed by atoms with Crippen LogP contribution in [0.2, 0.25) is 0 Å². The van der Waals surface area contributed by atoms with Gasteiger partial charge in [-0.1, -0.05) is 0 Å². The van der Waals surface area contributed by atoms with Gasteiger partial charge in [-0.05, 0) is 50.8 Å². The Bertz CT molecular complexity index is 754. The van der Waals surface area contributed by atoms with Gasteiger partial charge >= 0.3 is 0 Å². The number of amides is 1. The monoisotopic (exact) mass is 342 g/mol. The van der Waals surface area contributed by atoms with Gasteiger partial charge in [0.2, 0.25) is 0 Å². The summed E-state index contributed by atoms with van der Waals surface area (Å²) >= 11 is 0. The average Bonchev–Trinajstić information content (AvgIpc) is 3.13. The van der Waals surface area contributed by atoms with E-state index in [1.165, 1.54) is 0 Å². The molecule has 2 heterocycles. The van der Waals surface area contributed by atoms with Crippen molar-refractivity contribution in [3.8, 4) is 5.75 Å². The highest BCUT2D eigenvalue weighted by Gasteiger charge is 2.18. The Labute approximate surface area is 148 Å². The topological polar surface area (TPSA) is 51.7 Å². The molecule has 3 rings (SSSR count). The number of fused-ring (bicyclic) bond motifs is 1. The van der Waals surface area contributed by atoms with Crippen LogP contribution in [0.4, 0.5) is 0 Å². The van der Waals surface area contributed by atoms with Crippen LogP contribution in [0.25, 0.3) is 10.9 Å². The Morgan fingerprint density at radius 2 is 2.24 bits per heavy atom. The van der Waals surface area contributed by atoms with Crippen LogP contribution in [0.1, 0.15) is 41.7 Å². The highest BCUT2D eigenvalue weighted by molar-refractivity contribution is 6.06. The van der Waals surface area contributed by atoms with Gasteiger partial charge in [-0.3, -0.25) is 9.78 Å². The summed E-state index contributed by atoms with van der Waals surface area (Å²) < 4.78 is 10.9. The third-order valence-corrected chi connectivity index (χ3v) is 4.77. The fourth-order valence-corrected chi connectivity index (χ4v) is 3.38. The molecule has 134 valence electrons. The van der Waals surface area contributed by atoms with Crippen LogP contribution in [0, 0.1) is 6.92 Å². The maximum Gasteiger partial charge on any atom is 0.254 e. The second-order valence-corrected chi connectivity index (χ2v) is 6.70. The largest absolute Gasteiger partial charge is 0.497 e. The molecule has 1 aliphatic rings. The Kier molecular flexibility index (Phi) is 5.53. The maximum absolute atomic E-state index is 12.9. The summed E-state index contributed by atoms with van der Waals surface area (Å²) in [6.45, 7) is 3.52. The second kappa shape index (κ2) is 7.83. The minimum absolute atomic E-state index is 0.0352. The van der Waals surface area contributed by atoms with Crippen molar-refractivity contribution >= 4 is 16.8 Å². The number of hydrogen-bond donors (Lipinski definition) is 0. The number of aromatic nitrogens is 1. The molecule has 0 spiro atoms. The zero-order valence-electron chi connectivity index (χ0n) is 15.2. The van der Waals surface area contributed by atoms with E-state index >= 15 is 0 Å². The van der Waals surface area contributed by atoms with Crippen LogP contribution >= 0.6 is 0 Å². The number of nitrogens with zero attached hydrogens (tertiary/aromatic N) is 2. The molecule has 0 radical (unpaired) electrons. The smallest absolute Gasteiger partial charge is 0.254 e. The molecule has 0 saturated carbocycles. The molecule has 1 amide bonds. The Balaban J connectivity index is 1.73. The molecule has 5 heteroatoms. The van der Waals surface area contributed by atoms with Crippen LogP contribution < -0.4 is 4.74 Å². The predicted molar refractivity (Wildman–Crippen MR) is 98.2 cm³/mol. The van der Waals surface area contributed by atoms with Crippen LogP contribution in [-0.4, -0.2) is 49.2 Å². The number of benzene rings is 1. The van der Waals surface area contributed by atoms with Crippen molar-refractivity contribution < 1.29 is 14.3 Å². The van der Waals surface area contributed by atoms with Gasteiger partial charge in [-0.25, -0.2) is 0 Å². The van der Waals surface area contributed by atoms with E-state index in [0.29, 0.717) is 11.7 Å². The molecule has 0 unspecified atom stereocenters. The van der Waals surface area contributed by atoms with E-state index in [1.807, 2.05) is 38.2 Å². The molecule has 25 heavy (non-hydrogen) atoms. The summed E-state index contributed by atoms with van der Waals surface area (Å²) in [6.07, 6.45) is 4.66. The van der Waals surface area contributed by atoms with Crippen LogP contribution in [-0.2, 0) is 4.74 Å². The van der Waals surface area contributed by atoms with E-state index in [-0.39, 0.29) is 5.91 Å². The first-order valence-electron chi connectivity index (χ1n) is 8.91. The van der Waals surface area contributed by atoms with Gasteiger partial charge in [0.1, 0.15) is 5.75 Å². The third-order valence-electron chi connectivity index (χ3n) is 4.77. The lowest BCUT2D eigenvalue weighted by molar-refractivity contribution is 0.0764. The van der Waals surface area contributed by atoms with E-state index in [0.717, 1.165) is 61.2 Å². The number of rotatable bonds is 6. The molecule has 0 aliphatic carbocycles. The molecule has 1 fully saturated rings. The number of methoxy groups -OCH3 is 1. The zero-order chi connectivity index (χ0) is 17.8. The summed E-state index contributed by atoms with van der Waals surface area (Å²) in [4.78, 5) is 19.3. The lowest BCUT2D eigenvalue weighted by atomic mass is 10.1. The molecule has 0 N–H and O–H groups in total. The first kappa shape index (κ1) is 17.7. The highest BCUT2D eigenvalue weighted by Crippen LogP contribution is 2.24. The van der Waals surface area contributed by atoms with Gasteiger partial charge in [-0.2, -0.15) is 0 Å². The summed E-state index contributed by atoms with van der Waals surface area (Å²) in [7, 11) is 3.49. The van der Waals surface area contributed by atoms with Crippen molar-refractivity contribution in [1.29, 1.82) is 0 Å². The minimum Gasteiger partial charge on any atom is -0.497 e. The molecule has 5 nitrogen and oxygen atoms in total. The highest BCUT2D eigenvalue weighted by atomic mass is 16.5. The third kappa shape index (κ3) is 4.10. The van der Waals surface area contributed by atoms with E-state index in [9.17, 15) is 4.79 Å². The first-order chi connectivity index (χ1) is 12.1. The van der Waals surface area contributed by atoms with Gasteiger partial charge in [0.15, 0.2) is 0 Å². The Morgan fingerprint density at radius 1 is 1.40 bits per heavy atom. The van der Waals surface area contributed by atoms with Gasteiger partial charge in [-0.15, -0.1) is 0 Å². The van der Waals surface area contributed by atoms with Crippen molar-refractivity contribution in [2.45, 2.75) is 38.7 Å². The number of hydrogen-bond acceptors (Lipinski definition) is 4. The predicted octanol–water partition coefficient (Wildman–Crippen LogP) is 3.58. The fourth-order valence-electron chi connectivity index (χ4n) is 3.38. The molecular weight excluding hydrogens is 316 g/mol. The number of carbonyl (C=O) groups excluding carboxylic acids is 1. The van der Waals surface area contributed by atoms with Crippen LogP contribution in [0.5, 0.6) is 5.75 Å². The quantitative estimate of drug-likeness (QED) is 0.805. The van der Waals surface area contributed by atoms with Gasteiger partial charge in [0.05, 0.1) is 24.3 Å². The number of aryl methyl sites for hydroxylation is 1. The van der Waals surface area contributed by atoms with Crippen LogP contribution in [0.3, 0.4) is 0 Å². The van der Waals surface area contributed by atoms with E-state index < -0.39 is 0 Å². The second-order valence-electron chi connectivity index (χ2n) is 6.70. The molecule has 1 atom stereocenters. The van der Waals surface area contributed by atoms with E-state index in [1.54, 1.807) is 12.0 Å². The van der Waals surface area contributed by atoms with Gasteiger partial charge in [0.25, 0.3) is 5.91 Å². The molecular formula is C20H26N2O3. The summed E-state index contributed by atoms with van der Waals surface area (Å²) in [5, 5.41) is 0.863. The van der Waals surface area contributed by atoms with Crippen molar-refractivity contribution in [3.05, 3.63) is 35.5 Å². The van der Waals surface area contributed by atoms with Crippen molar-refractivity contribution in [2.75, 3.05) is 27.3 Å². The van der Waals surface area contributed by atoms with Crippen molar-refractivity contribution in [3.63, 3.8) is 0 Å². The number of ether oxygens (including phenoxy) is 2. The zero-order valence-corrected chi connectivity index (χ0v) is 15.2. The van der Waals surface area contributed by atoms with Crippen LogP contribution in [0.15, 0.2) is 24.3 Å². The average molecular weight is 342 g/mol. The van der Waals surface area contributed by atoms with Crippen molar-refractivity contribution in [2.24, 2.45) is 0 Å². The summed E-state index contributed by atoms with van der Waals surface area (Å²) in [5.41, 5.74) is 2.32. The lowest BCUT2D eigenvalue weighted by Gasteiger charge is -2.19. The lowest BCUT2D eigenvalue weighted by Crippen LogP contribution is -2.28. The molecule has 2 aromatic rings. The standard InChI is InChI=1S/C20H26N2O3/c1-14-12-18(17-9-8-16(24-3)13-19(17)21-14)20(23)22(2)10-4-6-15-7-5-11-25-15/h8-9,12-13,15H,4-7,10-11H2,1-3H3/t15-/m1/s1. The normalized spacial score (nSPS) is 17.0. The molecule has 0 bridgehead atoms. The first-order valence-corrected chi connectivity index (χ1v) is 8.91. The van der Waals surface area contributed by atoms with Gasteiger partial charge in [0, 0.05) is 37.3 Å². The SMILES string of the molecule is COc1ccc2c(C(=O)N(C)CCC[C@@H]3CCCO3)cc(C)nc2c1. The molecule has 1 aromatic heterocycles. The fraction of sp³-hybridized carbons (Fsp3) is 0.500. The Morgan fingerprint density at radius 3 is 2.96 bits per heavy atom. The van der Waals surface area contributed by atoms with E-state index in [2.05, 4.69) is 4.98 Å². The number of carbonyl (C=O) groups is 1. The molecule has 1 aromatic carbocycles. The van der Waals surface area contributed by atoms with Gasteiger partial charge < -0.3 is 14.4 Å². The van der Waals surface area contributed by atoms with Crippen molar-refractivity contribution in [1.82, 2.24) is 9.88 Å². The molecule has 1 aliphatic heterocycles. The molecule has 1 saturated heterocycles. The summed E-state index contributed by atoms with van der Waals surface area (Å²) in [6, 6.07) is 7.52.